The Morgan fingerprint density at radius 1 is 1.17 bits per heavy atom. The summed E-state index contributed by atoms with van der Waals surface area (Å²) in [6.07, 6.45) is 3.41. The molecule has 0 unspecified atom stereocenters. The summed E-state index contributed by atoms with van der Waals surface area (Å²) in [5.41, 5.74) is 7.39. The number of rotatable bonds is 1. The quantitative estimate of drug-likeness (QED) is 0.713. The summed E-state index contributed by atoms with van der Waals surface area (Å²) in [6.45, 7) is 0.958. The van der Waals surface area contributed by atoms with Gasteiger partial charge in [-0.15, -0.1) is 11.3 Å². The number of fused-ring (bicyclic) bond motifs is 2. The van der Waals surface area contributed by atoms with Crippen molar-refractivity contribution in [3.8, 4) is 5.75 Å². The van der Waals surface area contributed by atoms with E-state index in [1.54, 1.807) is 23.1 Å². The van der Waals surface area contributed by atoms with E-state index in [0.29, 0.717) is 70.6 Å². The van der Waals surface area contributed by atoms with E-state index in [9.17, 15) is 14.4 Å². The number of nitrogens with zero attached hydrogens (tertiary/aromatic N) is 1. The third-order valence-corrected chi connectivity index (χ3v) is 7.68. The van der Waals surface area contributed by atoms with Crippen LogP contribution in [0.25, 0.3) is 0 Å². The first-order chi connectivity index (χ1) is 14.4. The van der Waals surface area contributed by atoms with E-state index in [0.717, 1.165) is 12.0 Å². The van der Waals surface area contributed by atoms with Crippen molar-refractivity contribution in [3.63, 3.8) is 0 Å². The highest BCUT2D eigenvalue weighted by atomic mass is 35.5. The van der Waals surface area contributed by atoms with Gasteiger partial charge in [-0.25, -0.2) is 0 Å². The number of halogens is 1. The number of hydrogen-bond donors (Lipinski definition) is 1. The molecule has 6 nitrogen and oxygen atoms in total. The molecule has 1 fully saturated rings. The number of likely N-dealkylation sites (tertiary alicyclic amines) is 1. The van der Waals surface area contributed by atoms with E-state index < -0.39 is 5.60 Å². The predicted octanol–water partition coefficient (Wildman–Crippen LogP) is 4.14. The van der Waals surface area contributed by atoms with Crippen molar-refractivity contribution in [2.24, 2.45) is 0 Å². The lowest BCUT2D eigenvalue weighted by molar-refractivity contribution is -0.00568. The summed E-state index contributed by atoms with van der Waals surface area (Å²) >= 11 is 7.24. The number of carbonyl (C=O) groups excluding carboxylic acids is 3. The van der Waals surface area contributed by atoms with Crippen molar-refractivity contribution in [1.29, 1.82) is 0 Å². The summed E-state index contributed by atoms with van der Waals surface area (Å²) in [4.78, 5) is 40.5. The fourth-order valence-electron chi connectivity index (χ4n) is 4.74. The second kappa shape index (κ2) is 7.10. The molecule has 0 atom stereocenters. The van der Waals surface area contributed by atoms with Gasteiger partial charge in [0.15, 0.2) is 11.6 Å². The zero-order chi connectivity index (χ0) is 21.0. The molecule has 5 rings (SSSR count). The Labute approximate surface area is 182 Å². The standard InChI is InChI=1S/C22H21ClN2O4S/c23-12-4-5-17-14(10-12)16(27)11-22(29-17)6-8-25(9-7-22)21(28)18-13-2-1-3-15(26)19(13)30-20(18)24/h4-5,10H,1-3,6-9,11,24H2. The van der Waals surface area contributed by atoms with Gasteiger partial charge >= 0.3 is 0 Å². The molecular weight excluding hydrogens is 424 g/mol. The van der Waals surface area contributed by atoms with Gasteiger partial charge in [0.25, 0.3) is 5.91 Å². The fraction of sp³-hybridized carbons (Fsp3) is 0.409. The highest BCUT2D eigenvalue weighted by Gasteiger charge is 2.44. The van der Waals surface area contributed by atoms with Crippen LogP contribution in [0.5, 0.6) is 5.75 Å². The van der Waals surface area contributed by atoms with E-state index in [1.807, 2.05) is 0 Å². The van der Waals surface area contributed by atoms with Gasteiger partial charge in [-0.2, -0.15) is 0 Å². The van der Waals surface area contributed by atoms with Crippen molar-refractivity contribution in [1.82, 2.24) is 4.90 Å². The number of Topliss-reactive ketones (excluding diaryl/α,β-unsaturated/α-hetero) is 2. The Hall–Kier alpha value is -2.38. The van der Waals surface area contributed by atoms with Gasteiger partial charge < -0.3 is 15.4 Å². The second-order valence-corrected chi connectivity index (χ2v) is 9.73. The van der Waals surface area contributed by atoms with E-state index in [4.69, 9.17) is 22.1 Å². The molecule has 1 saturated heterocycles. The SMILES string of the molecule is Nc1sc2c(c1C(=O)N1CCC3(CC1)CC(=O)c1cc(Cl)ccc1O3)CCCC2=O. The molecular formula is C22H21ClN2O4S. The molecule has 1 aromatic heterocycles. The second-order valence-electron chi connectivity index (χ2n) is 8.24. The van der Waals surface area contributed by atoms with Crippen LogP contribution >= 0.6 is 22.9 Å². The molecule has 0 radical (unpaired) electrons. The minimum absolute atomic E-state index is 0.0215. The first kappa shape index (κ1) is 19.6. The Kier molecular flexibility index (Phi) is 4.63. The zero-order valence-corrected chi connectivity index (χ0v) is 17.9. The van der Waals surface area contributed by atoms with Crippen LogP contribution in [0.1, 0.15) is 68.1 Å². The average molecular weight is 445 g/mol. The summed E-state index contributed by atoms with van der Waals surface area (Å²) in [7, 11) is 0. The van der Waals surface area contributed by atoms with Crippen LogP contribution in [-0.2, 0) is 6.42 Å². The molecule has 2 N–H and O–H groups in total. The van der Waals surface area contributed by atoms with Crippen LogP contribution in [0.15, 0.2) is 18.2 Å². The third kappa shape index (κ3) is 3.11. The van der Waals surface area contributed by atoms with Gasteiger partial charge in [-0.1, -0.05) is 11.6 Å². The number of thiophene rings is 1. The van der Waals surface area contributed by atoms with Crippen molar-refractivity contribution < 1.29 is 19.1 Å². The van der Waals surface area contributed by atoms with Crippen molar-refractivity contribution >= 4 is 45.4 Å². The summed E-state index contributed by atoms with van der Waals surface area (Å²) in [6, 6.07) is 5.10. The molecule has 3 heterocycles. The Bertz CT molecular complexity index is 1090. The van der Waals surface area contributed by atoms with Gasteiger partial charge in [0.1, 0.15) is 11.4 Å². The average Bonchev–Trinajstić information content (AvgIpc) is 3.06. The van der Waals surface area contributed by atoms with Crippen molar-refractivity contribution in [2.45, 2.75) is 44.1 Å². The number of piperidine rings is 1. The van der Waals surface area contributed by atoms with E-state index in [2.05, 4.69) is 0 Å². The summed E-state index contributed by atoms with van der Waals surface area (Å²) in [5, 5.41) is 0.938. The number of benzene rings is 1. The highest BCUT2D eigenvalue weighted by Crippen LogP contribution is 2.42. The monoisotopic (exact) mass is 444 g/mol. The zero-order valence-electron chi connectivity index (χ0n) is 16.3. The Morgan fingerprint density at radius 3 is 2.70 bits per heavy atom. The summed E-state index contributed by atoms with van der Waals surface area (Å²) < 4.78 is 6.25. The van der Waals surface area contributed by atoms with Gasteiger partial charge in [0.2, 0.25) is 0 Å². The first-order valence-electron chi connectivity index (χ1n) is 10.1. The van der Waals surface area contributed by atoms with Crippen LogP contribution in [0.2, 0.25) is 5.02 Å². The smallest absolute Gasteiger partial charge is 0.257 e. The number of nitrogens with two attached hydrogens (primary N) is 1. The normalized spacial score (nSPS) is 20.0. The largest absolute Gasteiger partial charge is 0.486 e. The molecule has 1 amide bonds. The van der Waals surface area contributed by atoms with Gasteiger partial charge in [-0.3, -0.25) is 14.4 Å². The molecule has 3 aliphatic rings. The molecule has 8 heteroatoms. The van der Waals surface area contributed by atoms with Gasteiger partial charge in [-0.05, 0) is 36.6 Å². The molecule has 1 spiro atoms. The number of ether oxygens (including phenoxy) is 1. The molecule has 0 bridgehead atoms. The third-order valence-electron chi connectivity index (χ3n) is 6.35. The van der Waals surface area contributed by atoms with E-state index >= 15 is 0 Å². The number of carbonyl (C=O) groups is 3. The molecule has 30 heavy (non-hydrogen) atoms. The maximum Gasteiger partial charge on any atom is 0.257 e. The minimum Gasteiger partial charge on any atom is -0.486 e. The summed E-state index contributed by atoms with van der Waals surface area (Å²) in [5.74, 6) is 0.541. The molecule has 156 valence electrons. The molecule has 1 aliphatic carbocycles. The van der Waals surface area contributed by atoms with E-state index in [-0.39, 0.29) is 23.9 Å². The van der Waals surface area contributed by atoms with Crippen LogP contribution in [0.3, 0.4) is 0 Å². The predicted molar refractivity (Wildman–Crippen MR) is 115 cm³/mol. The molecule has 0 saturated carbocycles. The molecule has 2 aromatic rings. The van der Waals surface area contributed by atoms with Crippen LogP contribution < -0.4 is 10.5 Å². The maximum absolute atomic E-state index is 13.3. The topological polar surface area (TPSA) is 89.7 Å². The van der Waals surface area contributed by atoms with Crippen molar-refractivity contribution in [3.05, 3.63) is 44.8 Å². The Morgan fingerprint density at radius 2 is 1.93 bits per heavy atom. The van der Waals surface area contributed by atoms with Crippen LogP contribution in [0.4, 0.5) is 5.00 Å². The molecule has 2 aliphatic heterocycles. The van der Waals surface area contributed by atoms with E-state index in [1.165, 1.54) is 11.3 Å². The minimum atomic E-state index is -0.593. The highest BCUT2D eigenvalue weighted by molar-refractivity contribution is 7.18. The Balaban J connectivity index is 1.35. The number of amides is 1. The van der Waals surface area contributed by atoms with Crippen LogP contribution in [-0.4, -0.2) is 41.1 Å². The number of anilines is 1. The van der Waals surface area contributed by atoms with Gasteiger partial charge in [0, 0.05) is 37.4 Å². The lowest BCUT2D eigenvalue weighted by Crippen LogP contribution is -2.52. The number of ketones is 2. The number of nitrogen functional groups attached to an aromatic ring is 1. The molecule has 1 aromatic carbocycles. The van der Waals surface area contributed by atoms with Crippen LogP contribution in [0, 0.1) is 0 Å². The number of hydrogen-bond acceptors (Lipinski definition) is 6. The fourth-order valence-corrected chi connectivity index (χ4v) is 5.99. The maximum atomic E-state index is 13.3. The lowest BCUT2D eigenvalue weighted by Gasteiger charge is -2.44. The van der Waals surface area contributed by atoms with Gasteiger partial charge in [0.05, 0.1) is 27.4 Å². The lowest BCUT2D eigenvalue weighted by atomic mass is 9.82. The first-order valence-corrected chi connectivity index (χ1v) is 11.3. The van der Waals surface area contributed by atoms with Crippen molar-refractivity contribution in [2.75, 3.05) is 18.8 Å².